The number of aliphatic carboxylic acids is 1. The molecule has 0 aliphatic rings. The van der Waals surface area contributed by atoms with Crippen LogP contribution in [0.2, 0.25) is 0 Å². The number of carboxylic acid groups (broad SMARTS) is 1. The predicted octanol–water partition coefficient (Wildman–Crippen LogP) is 3.64. The normalized spacial score (nSPS) is 12.4. The van der Waals surface area contributed by atoms with Gasteiger partial charge in [-0.25, -0.2) is 9.18 Å². The Hall–Kier alpha value is -2.10. The van der Waals surface area contributed by atoms with Gasteiger partial charge < -0.3 is 9.67 Å². The Bertz CT molecular complexity index is 587. The molecule has 4 heteroatoms. The molecule has 0 fully saturated rings. The number of carboxylic acids is 1. The molecule has 0 saturated heterocycles. The van der Waals surface area contributed by atoms with Crippen molar-refractivity contribution in [3.63, 3.8) is 0 Å². The Morgan fingerprint density at radius 1 is 1.37 bits per heavy atom. The molecule has 100 valence electrons. The Balaban J connectivity index is 2.51. The number of hydrogen-bond donors (Lipinski definition) is 1. The van der Waals surface area contributed by atoms with E-state index in [2.05, 4.69) is 0 Å². The lowest BCUT2D eigenvalue weighted by Crippen LogP contribution is -2.18. The molecule has 0 aliphatic heterocycles. The van der Waals surface area contributed by atoms with Crippen molar-refractivity contribution in [2.45, 2.75) is 26.3 Å². The third kappa shape index (κ3) is 2.67. The van der Waals surface area contributed by atoms with E-state index in [-0.39, 0.29) is 5.82 Å². The summed E-state index contributed by atoms with van der Waals surface area (Å²) in [5.41, 5.74) is 2.60. The molecule has 1 heterocycles. The molecule has 2 rings (SSSR count). The van der Waals surface area contributed by atoms with Crippen molar-refractivity contribution in [1.82, 2.24) is 4.57 Å². The molecule has 0 bridgehead atoms. The van der Waals surface area contributed by atoms with Gasteiger partial charge >= 0.3 is 5.97 Å². The molecular formula is C15H16FNO2. The summed E-state index contributed by atoms with van der Waals surface area (Å²) in [7, 11) is 0. The van der Waals surface area contributed by atoms with E-state index < -0.39 is 12.0 Å². The van der Waals surface area contributed by atoms with Crippen LogP contribution in [-0.2, 0) is 4.79 Å². The highest BCUT2D eigenvalue weighted by molar-refractivity contribution is 5.74. The molecule has 0 aliphatic carbocycles. The molecule has 2 aromatic rings. The summed E-state index contributed by atoms with van der Waals surface area (Å²) in [5.74, 6) is -1.16. The molecule has 1 atom stereocenters. The monoisotopic (exact) mass is 261 g/mol. The number of benzene rings is 1. The maximum atomic E-state index is 13.0. The lowest BCUT2D eigenvalue weighted by Gasteiger charge is -2.16. The highest BCUT2D eigenvalue weighted by atomic mass is 19.1. The van der Waals surface area contributed by atoms with E-state index in [1.165, 1.54) is 12.1 Å². The SMILES string of the molecule is CCC(C(=O)O)n1cc(C)cc1-c1ccc(F)cc1. The van der Waals surface area contributed by atoms with Crippen molar-refractivity contribution >= 4 is 5.97 Å². The van der Waals surface area contributed by atoms with Crippen molar-refractivity contribution in [3.8, 4) is 11.3 Å². The predicted molar refractivity (Wildman–Crippen MR) is 71.5 cm³/mol. The molecule has 0 amide bonds. The Labute approximate surface area is 111 Å². The fourth-order valence-corrected chi connectivity index (χ4v) is 2.22. The highest BCUT2D eigenvalue weighted by Gasteiger charge is 2.20. The third-order valence-electron chi connectivity index (χ3n) is 3.13. The smallest absolute Gasteiger partial charge is 0.326 e. The van der Waals surface area contributed by atoms with Gasteiger partial charge in [-0.05, 0) is 54.8 Å². The van der Waals surface area contributed by atoms with Crippen LogP contribution in [0, 0.1) is 12.7 Å². The maximum Gasteiger partial charge on any atom is 0.326 e. The van der Waals surface area contributed by atoms with Gasteiger partial charge in [0.15, 0.2) is 0 Å². The second-order valence-corrected chi connectivity index (χ2v) is 4.58. The fraction of sp³-hybridized carbons (Fsp3) is 0.267. The summed E-state index contributed by atoms with van der Waals surface area (Å²) in [4.78, 5) is 11.3. The van der Waals surface area contributed by atoms with Crippen molar-refractivity contribution in [1.29, 1.82) is 0 Å². The molecular weight excluding hydrogens is 245 g/mol. The van der Waals surface area contributed by atoms with E-state index in [0.29, 0.717) is 6.42 Å². The first-order valence-electron chi connectivity index (χ1n) is 6.20. The molecule has 1 unspecified atom stereocenters. The number of aryl methyl sites for hydroxylation is 1. The van der Waals surface area contributed by atoms with E-state index in [9.17, 15) is 14.3 Å². The van der Waals surface area contributed by atoms with Crippen LogP contribution in [0.25, 0.3) is 11.3 Å². The first-order chi connectivity index (χ1) is 9.02. The van der Waals surface area contributed by atoms with Gasteiger partial charge in [-0.3, -0.25) is 0 Å². The largest absolute Gasteiger partial charge is 0.480 e. The number of hydrogen-bond acceptors (Lipinski definition) is 1. The van der Waals surface area contributed by atoms with Crippen LogP contribution in [0.5, 0.6) is 0 Å². The maximum absolute atomic E-state index is 13.0. The number of halogens is 1. The molecule has 0 spiro atoms. The molecule has 1 aromatic carbocycles. The zero-order chi connectivity index (χ0) is 14.0. The summed E-state index contributed by atoms with van der Waals surface area (Å²) in [6, 6.07) is 7.39. The van der Waals surface area contributed by atoms with E-state index >= 15 is 0 Å². The third-order valence-corrected chi connectivity index (χ3v) is 3.13. The fourth-order valence-electron chi connectivity index (χ4n) is 2.22. The summed E-state index contributed by atoms with van der Waals surface area (Å²) >= 11 is 0. The standard InChI is InChI=1S/C15H16FNO2/c1-3-13(15(18)19)17-9-10(2)8-14(17)11-4-6-12(16)7-5-11/h4-9,13H,3H2,1-2H3,(H,18,19). The quantitative estimate of drug-likeness (QED) is 0.913. The minimum atomic E-state index is -0.860. The Morgan fingerprint density at radius 2 is 2.00 bits per heavy atom. The number of nitrogens with zero attached hydrogens (tertiary/aromatic N) is 1. The molecule has 0 radical (unpaired) electrons. The molecule has 0 saturated carbocycles. The summed E-state index contributed by atoms with van der Waals surface area (Å²) in [5, 5.41) is 9.27. The van der Waals surface area contributed by atoms with E-state index in [4.69, 9.17) is 0 Å². The molecule has 1 N–H and O–H groups in total. The Morgan fingerprint density at radius 3 is 2.53 bits per heavy atom. The van der Waals surface area contributed by atoms with Gasteiger partial charge in [0.1, 0.15) is 11.9 Å². The van der Waals surface area contributed by atoms with Crippen LogP contribution in [0.15, 0.2) is 36.5 Å². The Kier molecular flexibility index (Phi) is 3.69. The zero-order valence-electron chi connectivity index (χ0n) is 10.9. The first-order valence-corrected chi connectivity index (χ1v) is 6.20. The molecule has 1 aromatic heterocycles. The molecule has 3 nitrogen and oxygen atoms in total. The van der Waals surface area contributed by atoms with Gasteiger partial charge in [0.05, 0.1) is 0 Å². The van der Waals surface area contributed by atoms with Gasteiger partial charge in [0.25, 0.3) is 0 Å². The van der Waals surface area contributed by atoms with Gasteiger partial charge in [-0.15, -0.1) is 0 Å². The second-order valence-electron chi connectivity index (χ2n) is 4.58. The summed E-state index contributed by atoms with van der Waals surface area (Å²) in [6.45, 7) is 3.75. The van der Waals surface area contributed by atoms with Crippen LogP contribution in [0.4, 0.5) is 4.39 Å². The van der Waals surface area contributed by atoms with Gasteiger partial charge in [-0.2, -0.15) is 0 Å². The molecule has 19 heavy (non-hydrogen) atoms. The topological polar surface area (TPSA) is 42.2 Å². The van der Waals surface area contributed by atoms with Crippen LogP contribution >= 0.6 is 0 Å². The number of carbonyl (C=O) groups is 1. The average Bonchev–Trinajstić information content (AvgIpc) is 2.72. The minimum Gasteiger partial charge on any atom is -0.480 e. The average molecular weight is 261 g/mol. The highest BCUT2D eigenvalue weighted by Crippen LogP contribution is 2.27. The van der Waals surface area contributed by atoms with Crippen LogP contribution in [0.1, 0.15) is 24.9 Å². The van der Waals surface area contributed by atoms with Crippen molar-refractivity contribution in [2.24, 2.45) is 0 Å². The first kappa shape index (κ1) is 13.3. The van der Waals surface area contributed by atoms with Gasteiger partial charge in [-0.1, -0.05) is 6.92 Å². The van der Waals surface area contributed by atoms with Crippen LogP contribution in [-0.4, -0.2) is 15.6 Å². The second kappa shape index (κ2) is 5.26. The van der Waals surface area contributed by atoms with Crippen molar-refractivity contribution in [3.05, 3.63) is 47.9 Å². The van der Waals surface area contributed by atoms with Crippen LogP contribution < -0.4 is 0 Å². The van der Waals surface area contributed by atoms with E-state index in [1.54, 1.807) is 16.7 Å². The number of aromatic nitrogens is 1. The zero-order valence-corrected chi connectivity index (χ0v) is 10.9. The van der Waals surface area contributed by atoms with Crippen molar-refractivity contribution in [2.75, 3.05) is 0 Å². The summed E-state index contributed by atoms with van der Waals surface area (Å²) < 4.78 is 14.7. The van der Waals surface area contributed by atoms with E-state index in [1.807, 2.05) is 26.1 Å². The lowest BCUT2D eigenvalue weighted by molar-refractivity contribution is -0.140. The van der Waals surface area contributed by atoms with Crippen molar-refractivity contribution < 1.29 is 14.3 Å². The van der Waals surface area contributed by atoms with Gasteiger partial charge in [0.2, 0.25) is 0 Å². The van der Waals surface area contributed by atoms with Crippen LogP contribution in [0.3, 0.4) is 0 Å². The van der Waals surface area contributed by atoms with Gasteiger partial charge in [0, 0.05) is 11.9 Å². The summed E-state index contributed by atoms with van der Waals surface area (Å²) in [6.07, 6.45) is 2.32. The lowest BCUT2D eigenvalue weighted by atomic mass is 10.1. The van der Waals surface area contributed by atoms with E-state index in [0.717, 1.165) is 16.8 Å². The minimum absolute atomic E-state index is 0.302. The number of rotatable bonds is 4.